The molecule has 0 bridgehead atoms. The molecule has 0 amide bonds. The fourth-order valence-electron chi connectivity index (χ4n) is 9.55. The van der Waals surface area contributed by atoms with Crippen molar-refractivity contribution >= 4 is 5.97 Å². The van der Waals surface area contributed by atoms with E-state index in [0.29, 0.717) is 35.5 Å². The Morgan fingerprint density at radius 2 is 1.00 bits per heavy atom. The van der Waals surface area contributed by atoms with E-state index in [2.05, 4.69) is 76.2 Å². The zero-order chi connectivity index (χ0) is 31.9. The fraction of sp³-hybridized carbons (Fsp3) is 0.972. The van der Waals surface area contributed by atoms with Crippen molar-refractivity contribution in [2.45, 2.75) is 172 Å². The first-order valence-electron chi connectivity index (χ1n) is 17.1. The van der Waals surface area contributed by atoms with Crippen molar-refractivity contribution in [3.05, 3.63) is 0 Å². The first kappa shape index (κ1) is 39.0. The van der Waals surface area contributed by atoms with E-state index in [4.69, 9.17) is 8.43 Å². The topological polar surface area (TPSA) is 74.6 Å². The summed E-state index contributed by atoms with van der Waals surface area (Å²) in [4.78, 5) is 10.3. The van der Waals surface area contributed by atoms with Crippen molar-refractivity contribution in [1.82, 2.24) is 0 Å². The molecule has 1 spiro atoms. The Balaban J connectivity index is 0.000000386. The summed E-state index contributed by atoms with van der Waals surface area (Å²) in [5.74, 6) is 2.57. The number of aliphatic carboxylic acids is 1. The molecule has 3 aliphatic rings. The molecule has 240 valence electrons. The molecule has 3 fully saturated rings. The molecule has 0 aromatic rings. The van der Waals surface area contributed by atoms with Crippen molar-refractivity contribution in [2.75, 3.05) is 0 Å². The normalized spacial score (nSPS) is 33.2. The number of carboxylic acid groups (broad SMARTS) is 1. The second-order valence-electron chi connectivity index (χ2n) is 16.2. The van der Waals surface area contributed by atoms with Crippen molar-refractivity contribution in [1.29, 1.82) is 0 Å². The van der Waals surface area contributed by atoms with Crippen LogP contribution in [-0.2, 0) is 28.5 Å². The van der Waals surface area contributed by atoms with Gasteiger partial charge in [0.2, 0.25) is 0 Å². The van der Waals surface area contributed by atoms with Crippen LogP contribution < -0.4 is 0 Å². The molecule has 6 unspecified atom stereocenters. The van der Waals surface area contributed by atoms with E-state index in [0.717, 1.165) is 39.2 Å². The molecule has 0 aromatic carbocycles. The van der Waals surface area contributed by atoms with Gasteiger partial charge in [-0.1, -0.05) is 153 Å². The van der Waals surface area contributed by atoms with Crippen LogP contribution in [0.4, 0.5) is 0 Å². The number of unbranched alkanes of at least 4 members (excludes halogenated alkanes) is 11. The predicted octanol–water partition coefficient (Wildman–Crippen LogP) is 10.4. The minimum atomic E-state index is -0.654. The monoisotopic (exact) mass is 612 g/mol. The van der Waals surface area contributed by atoms with Gasteiger partial charge in [0.05, 0.1) is 5.60 Å². The number of aliphatic hydroxyl groups is 1. The summed E-state index contributed by atoms with van der Waals surface area (Å²) in [6.07, 6.45) is 17.3. The average Bonchev–Trinajstić information content (AvgIpc) is 3.60. The van der Waals surface area contributed by atoms with Gasteiger partial charge in [0.15, 0.2) is 0 Å². The van der Waals surface area contributed by atoms with E-state index in [-0.39, 0.29) is 16.2 Å². The number of carboxylic acids is 1. The summed E-state index contributed by atoms with van der Waals surface area (Å²) in [5.41, 5.74) is 0.301. The van der Waals surface area contributed by atoms with Crippen LogP contribution >= 0.6 is 0 Å². The SMILES string of the molecule is CC(C)CCCCCCCCCCCCCCC(=O)O.CC1C(C2(O)C(C)(C)C(C)C23C(C)C3(C)C)C1(C)C.[O]=[Ti]. The van der Waals surface area contributed by atoms with E-state index >= 15 is 0 Å². The number of hydrogen-bond acceptors (Lipinski definition) is 3. The number of rotatable bonds is 16. The Hall–Kier alpha value is -0.0557. The molecule has 0 radical (unpaired) electrons. The van der Waals surface area contributed by atoms with Crippen LogP contribution in [0.25, 0.3) is 0 Å². The molecule has 6 atom stereocenters. The van der Waals surface area contributed by atoms with E-state index in [1.807, 2.05) is 0 Å². The summed E-state index contributed by atoms with van der Waals surface area (Å²) < 4.78 is 8.25. The van der Waals surface area contributed by atoms with Gasteiger partial charge in [0, 0.05) is 11.8 Å². The molecule has 3 saturated carbocycles. The van der Waals surface area contributed by atoms with Gasteiger partial charge in [-0.2, -0.15) is 0 Å². The zero-order valence-electron chi connectivity index (χ0n) is 29.0. The van der Waals surface area contributed by atoms with Crippen LogP contribution in [0, 0.1) is 51.2 Å². The van der Waals surface area contributed by atoms with Gasteiger partial charge in [-0.25, -0.2) is 0 Å². The molecule has 0 heterocycles. The average molecular weight is 613 g/mol. The summed E-state index contributed by atoms with van der Waals surface area (Å²) in [6.45, 7) is 25.7. The van der Waals surface area contributed by atoms with Crippen LogP contribution in [0.5, 0.6) is 0 Å². The van der Waals surface area contributed by atoms with Crippen molar-refractivity contribution in [3.63, 3.8) is 0 Å². The molecule has 3 aliphatic carbocycles. The Morgan fingerprint density at radius 1 is 0.683 bits per heavy atom. The van der Waals surface area contributed by atoms with Gasteiger partial charge in [0.25, 0.3) is 0 Å². The first-order chi connectivity index (χ1) is 19.0. The van der Waals surface area contributed by atoms with Gasteiger partial charge in [0.1, 0.15) is 0 Å². The Kier molecular flexibility index (Phi) is 15.0. The molecule has 3 rings (SSSR count). The van der Waals surface area contributed by atoms with Crippen LogP contribution in [0.15, 0.2) is 0 Å². The third kappa shape index (κ3) is 7.79. The van der Waals surface area contributed by atoms with Crippen LogP contribution in [0.3, 0.4) is 0 Å². The molecule has 4 nitrogen and oxygen atoms in total. The Morgan fingerprint density at radius 3 is 1.29 bits per heavy atom. The van der Waals surface area contributed by atoms with Gasteiger partial charge in [-0.3, -0.25) is 4.79 Å². The molecule has 0 aliphatic heterocycles. The van der Waals surface area contributed by atoms with E-state index in [9.17, 15) is 9.90 Å². The van der Waals surface area contributed by atoms with Gasteiger partial charge in [-0.05, 0) is 52.3 Å². The molecule has 0 aromatic heterocycles. The van der Waals surface area contributed by atoms with Crippen molar-refractivity contribution < 1.29 is 38.7 Å². The maximum absolute atomic E-state index is 11.9. The quantitative estimate of drug-likeness (QED) is 0.134. The number of carbonyl (C=O) groups is 1. The van der Waals surface area contributed by atoms with E-state index < -0.39 is 11.6 Å². The molecule has 5 heteroatoms. The third-order valence-corrected chi connectivity index (χ3v) is 12.9. The fourth-order valence-corrected chi connectivity index (χ4v) is 9.55. The third-order valence-electron chi connectivity index (χ3n) is 12.9. The Bertz CT molecular complexity index is 805. The van der Waals surface area contributed by atoms with Crippen LogP contribution in [-0.4, -0.2) is 21.8 Å². The van der Waals surface area contributed by atoms with E-state index in [1.165, 1.54) is 70.6 Å². The Labute approximate surface area is 266 Å². The predicted molar refractivity (Wildman–Crippen MR) is 168 cm³/mol. The minimum absolute atomic E-state index is 0.0434. The summed E-state index contributed by atoms with van der Waals surface area (Å²) in [5, 5.41) is 20.4. The summed E-state index contributed by atoms with van der Waals surface area (Å²) in [6, 6.07) is 0. The van der Waals surface area contributed by atoms with E-state index in [1.54, 1.807) is 0 Å². The van der Waals surface area contributed by atoms with Crippen LogP contribution in [0.2, 0.25) is 0 Å². The van der Waals surface area contributed by atoms with Crippen LogP contribution in [0.1, 0.15) is 166 Å². The van der Waals surface area contributed by atoms with Gasteiger partial charge < -0.3 is 10.2 Å². The van der Waals surface area contributed by atoms with Gasteiger partial charge >= 0.3 is 29.7 Å². The van der Waals surface area contributed by atoms with Crippen molar-refractivity contribution in [3.8, 4) is 0 Å². The molecule has 2 N–H and O–H groups in total. The zero-order valence-corrected chi connectivity index (χ0v) is 30.6. The molecule has 0 saturated heterocycles. The first-order valence-corrected chi connectivity index (χ1v) is 17.7. The van der Waals surface area contributed by atoms with Crippen molar-refractivity contribution in [2.24, 2.45) is 51.2 Å². The van der Waals surface area contributed by atoms with Gasteiger partial charge in [-0.15, -0.1) is 0 Å². The standard InChI is InChI=1S/C18H36O2.C18H32O.O.Ti/c1-17(2)15-13-11-9-7-5-3-4-6-8-10-12-14-16-18(19)20;1-10-13(14(10,4)5)18(19)16(8,9)12(3)17(18)11(2)15(17,6)7;;/h17H,3-16H2,1-2H3,(H,19,20);10-13,19H,1-9H3;;. The molecule has 41 heavy (non-hydrogen) atoms. The second-order valence-corrected chi connectivity index (χ2v) is 16.2. The molecular formula is C36H68O4Ti. The molecular weight excluding hydrogens is 544 g/mol. The summed E-state index contributed by atoms with van der Waals surface area (Å²) in [7, 11) is 0. The maximum atomic E-state index is 11.9. The summed E-state index contributed by atoms with van der Waals surface area (Å²) >= 11 is 0.750. The second kappa shape index (κ2) is 15.8. The number of hydrogen-bond donors (Lipinski definition) is 2.